The topological polar surface area (TPSA) is 68.2 Å². The molecule has 0 fully saturated rings. The first-order valence-electron chi connectivity index (χ1n) is 8.12. The van der Waals surface area contributed by atoms with Crippen molar-refractivity contribution in [3.63, 3.8) is 0 Å². The molecule has 0 amide bonds. The summed E-state index contributed by atoms with van der Waals surface area (Å²) in [6.45, 7) is 9.68. The molecule has 0 saturated heterocycles. The van der Waals surface area contributed by atoms with Crippen molar-refractivity contribution in [2.75, 3.05) is 11.5 Å². The van der Waals surface area contributed by atoms with Crippen molar-refractivity contribution in [1.82, 2.24) is 15.0 Å². The maximum absolute atomic E-state index is 12.2. The van der Waals surface area contributed by atoms with Crippen molar-refractivity contribution in [3.8, 4) is 0 Å². The van der Waals surface area contributed by atoms with Crippen LogP contribution in [0.15, 0.2) is 24.5 Å². The van der Waals surface area contributed by atoms with Crippen molar-refractivity contribution in [2.45, 2.75) is 46.2 Å². The van der Waals surface area contributed by atoms with Crippen LogP contribution in [0.3, 0.4) is 0 Å². The van der Waals surface area contributed by atoms with Crippen LogP contribution in [0.5, 0.6) is 0 Å². The molecule has 0 N–H and O–H groups in total. The first-order chi connectivity index (χ1) is 11.4. The Labute approximate surface area is 141 Å². The van der Waals surface area contributed by atoms with E-state index in [4.69, 9.17) is 9.72 Å². The van der Waals surface area contributed by atoms with Crippen molar-refractivity contribution < 1.29 is 9.53 Å². The van der Waals surface area contributed by atoms with Crippen molar-refractivity contribution in [3.05, 3.63) is 47.2 Å². The Kier molecular flexibility index (Phi) is 4.22. The maximum atomic E-state index is 12.2. The Morgan fingerprint density at radius 2 is 2.08 bits per heavy atom. The number of anilines is 1. The number of rotatable bonds is 3. The van der Waals surface area contributed by atoms with E-state index in [0.717, 1.165) is 17.1 Å². The molecule has 0 aliphatic carbocycles. The lowest BCUT2D eigenvalue weighted by Crippen LogP contribution is -2.20. The molecule has 126 valence electrons. The second kappa shape index (κ2) is 6.19. The largest absolute Gasteiger partial charge is 0.462 e. The predicted octanol–water partition coefficient (Wildman–Crippen LogP) is 2.87. The molecule has 6 nitrogen and oxygen atoms in total. The van der Waals surface area contributed by atoms with Crippen molar-refractivity contribution >= 4 is 11.8 Å². The quantitative estimate of drug-likeness (QED) is 0.808. The monoisotopic (exact) mass is 326 g/mol. The average molecular weight is 326 g/mol. The van der Waals surface area contributed by atoms with Crippen LogP contribution < -0.4 is 4.90 Å². The summed E-state index contributed by atoms with van der Waals surface area (Å²) in [6.07, 6.45) is 3.57. The molecule has 6 heteroatoms. The summed E-state index contributed by atoms with van der Waals surface area (Å²) in [7, 11) is 0. The fourth-order valence-corrected chi connectivity index (χ4v) is 2.68. The molecule has 0 bridgehead atoms. The zero-order chi connectivity index (χ0) is 17.3. The number of ether oxygens (including phenoxy) is 1. The number of fused-ring (bicyclic) bond motifs is 1. The minimum absolute atomic E-state index is 0.0937. The third-order valence-corrected chi connectivity index (χ3v) is 3.91. The van der Waals surface area contributed by atoms with Crippen LogP contribution >= 0.6 is 0 Å². The van der Waals surface area contributed by atoms with Crippen LogP contribution in [0.2, 0.25) is 0 Å². The summed E-state index contributed by atoms with van der Waals surface area (Å²) in [5.74, 6) is 1.11. The van der Waals surface area contributed by atoms with E-state index in [1.54, 1.807) is 25.3 Å². The minimum Gasteiger partial charge on any atom is -0.462 e. The number of aromatic nitrogens is 3. The highest BCUT2D eigenvalue weighted by molar-refractivity contribution is 5.94. The second-order valence-corrected chi connectivity index (χ2v) is 6.87. The molecule has 24 heavy (non-hydrogen) atoms. The van der Waals surface area contributed by atoms with Gasteiger partial charge < -0.3 is 9.64 Å². The van der Waals surface area contributed by atoms with Crippen molar-refractivity contribution in [1.29, 1.82) is 0 Å². The van der Waals surface area contributed by atoms with E-state index in [9.17, 15) is 4.79 Å². The van der Waals surface area contributed by atoms with Crippen LogP contribution in [-0.2, 0) is 23.2 Å². The third kappa shape index (κ3) is 3.09. The lowest BCUT2D eigenvalue weighted by Gasteiger charge is -2.18. The highest BCUT2D eigenvalue weighted by Gasteiger charge is 2.28. The van der Waals surface area contributed by atoms with E-state index in [1.165, 1.54) is 0 Å². The van der Waals surface area contributed by atoms with Crippen LogP contribution in [0.1, 0.15) is 55.1 Å². The first kappa shape index (κ1) is 16.4. The molecule has 1 aliphatic rings. The van der Waals surface area contributed by atoms with Crippen LogP contribution in [0, 0.1) is 0 Å². The smallest absolute Gasteiger partial charge is 0.341 e. The van der Waals surface area contributed by atoms with E-state index < -0.39 is 0 Å². The van der Waals surface area contributed by atoms with E-state index in [0.29, 0.717) is 31.1 Å². The van der Waals surface area contributed by atoms with Gasteiger partial charge >= 0.3 is 5.97 Å². The van der Waals surface area contributed by atoms with Gasteiger partial charge in [0.1, 0.15) is 17.2 Å². The fraction of sp³-hybridized carbons (Fsp3) is 0.444. The molecule has 0 unspecified atom stereocenters. The molecule has 2 aromatic rings. The summed E-state index contributed by atoms with van der Waals surface area (Å²) in [5.41, 5.74) is 2.46. The molecule has 3 heterocycles. The number of carbonyl (C=O) groups is 1. The van der Waals surface area contributed by atoms with Gasteiger partial charge in [0, 0.05) is 29.9 Å². The zero-order valence-electron chi connectivity index (χ0n) is 14.5. The second-order valence-electron chi connectivity index (χ2n) is 6.87. The average Bonchev–Trinajstić information content (AvgIpc) is 2.97. The van der Waals surface area contributed by atoms with Crippen LogP contribution in [0.25, 0.3) is 0 Å². The Bertz CT molecular complexity index is 768. The SMILES string of the molecule is CCOC(=O)c1cccnc1N1Cc2cnc(C(C)(C)C)nc2C1. The number of carbonyl (C=O) groups excluding carboxylic acids is 1. The van der Waals surface area contributed by atoms with Gasteiger partial charge in [0.25, 0.3) is 0 Å². The molecule has 0 aromatic carbocycles. The van der Waals surface area contributed by atoms with Gasteiger partial charge in [-0.3, -0.25) is 0 Å². The number of pyridine rings is 1. The summed E-state index contributed by atoms with van der Waals surface area (Å²) in [6, 6.07) is 3.49. The van der Waals surface area contributed by atoms with Gasteiger partial charge in [-0.1, -0.05) is 20.8 Å². The Morgan fingerprint density at radius 3 is 2.79 bits per heavy atom. The number of hydrogen-bond acceptors (Lipinski definition) is 6. The van der Waals surface area contributed by atoms with Gasteiger partial charge in [-0.15, -0.1) is 0 Å². The van der Waals surface area contributed by atoms with Crippen LogP contribution in [-0.4, -0.2) is 27.5 Å². The molecular weight excluding hydrogens is 304 g/mol. The maximum Gasteiger partial charge on any atom is 0.341 e. The lowest BCUT2D eigenvalue weighted by molar-refractivity contribution is 0.0526. The Hall–Kier alpha value is -2.50. The van der Waals surface area contributed by atoms with Crippen molar-refractivity contribution in [2.24, 2.45) is 0 Å². The van der Waals surface area contributed by atoms with Gasteiger partial charge in [-0.2, -0.15) is 0 Å². The Balaban J connectivity index is 1.90. The normalized spacial score (nSPS) is 13.8. The molecule has 2 aromatic heterocycles. The standard InChI is InChI=1S/C18H22N4O2/c1-5-24-16(23)13-7-6-8-19-15(13)22-10-12-9-20-17(18(2,3)4)21-14(12)11-22/h6-9H,5,10-11H2,1-4H3. The minimum atomic E-state index is -0.349. The van der Waals surface area contributed by atoms with E-state index in [2.05, 4.69) is 30.7 Å². The predicted molar refractivity (Wildman–Crippen MR) is 90.8 cm³/mol. The highest BCUT2D eigenvalue weighted by atomic mass is 16.5. The molecule has 3 rings (SSSR count). The molecule has 0 spiro atoms. The number of esters is 1. The Morgan fingerprint density at radius 1 is 1.29 bits per heavy atom. The summed E-state index contributed by atoms with van der Waals surface area (Å²) in [4.78, 5) is 27.8. The third-order valence-electron chi connectivity index (χ3n) is 3.91. The highest BCUT2D eigenvalue weighted by Crippen LogP contribution is 2.29. The van der Waals surface area contributed by atoms with Crippen LogP contribution in [0.4, 0.5) is 5.82 Å². The van der Waals surface area contributed by atoms with Gasteiger partial charge in [-0.05, 0) is 19.1 Å². The number of nitrogens with zero attached hydrogens (tertiary/aromatic N) is 4. The van der Waals surface area contributed by atoms with E-state index >= 15 is 0 Å². The fourth-order valence-electron chi connectivity index (χ4n) is 2.68. The summed E-state index contributed by atoms with van der Waals surface area (Å²) in [5, 5.41) is 0. The summed E-state index contributed by atoms with van der Waals surface area (Å²) < 4.78 is 5.14. The van der Waals surface area contributed by atoms with Gasteiger partial charge in [-0.25, -0.2) is 19.7 Å². The van der Waals surface area contributed by atoms with Gasteiger partial charge in [0.05, 0.1) is 18.8 Å². The van der Waals surface area contributed by atoms with Gasteiger partial charge in [0.2, 0.25) is 0 Å². The van der Waals surface area contributed by atoms with Gasteiger partial charge in [0.15, 0.2) is 0 Å². The lowest BCUT2D eigenvalue weighted by atomic mass is 9.95. The van der Waals surface area contributed by atoms with E-state index in [1.807, 2.05) is 11.1 Å². The zero-order valence-corrected chi connectivity index (χ0v) is 14.5. The molecule has 0 saturated carbocycles. The molecule has 0 radical (unpaired) electrons. The first-order valence-corrected chi connectivity index (χ1v) is 8.12. The molecule has 0 atom stereocenters. The molecule has 1 aliphatic heterocycles. The van der Waals surface area contributed by atoms with E-state index in [-0.39, 0.29) is 11.4 Å². The molecular formula is C18H22N4O2. The number of hydrogen-bond donors (Lipinski definition) is 0. The summed E-state index contributed by atoms with van der Waals surface area (Å²) >= 11 is 0.